The summed E-state index contributed by atoms with van der Waals surface area (Å²) in [6, 6.07) is 0. The van der Waals surface area contributed by atoms with Crippen molar-refractivity contribution in [1.29, 1.82) is 0 Å². The summed E-state index contributed by atoms with van der Waals surface area (Å²) < 4.78 is 0. The Labute approximate surface area is 94.4 Å². The van der Waals surface area contributed by atoms with Crippen LogP contribution in [0.3, 0.4) is 0 Å². The lowest BCUT2D eigenvalue weighted by Gasteiger charge is -1.96. The second kappa shape index (κ2) is 8.05. The Bertz CT molecular complexity index is 298. The van der Waals surface area contributed by atoms with E-state index < -0.39 is 0 Å². The Kier molecular flexibility index (Phi) is 7.35. The standard InChI is InChI=1S/C13H16.C2H6/c1-4-6-13-10-8-11(3)7-9-12(13)5-2;1-2/h4-11H,2H2,1,3H3;1-2H3/b6-4-;. The fourth-order valence-corrected chi connectivity index (χ4v) is 1.28. The zero-order valence-corrected chi connectivity index (χ0v) is 10.3. The monoisotopic (exact) mass is 202 g/mol. The molecule has 0 spiro atoms. The minimum atomic E-state index is 0.512. The SMILES string of the molecule is C=CC1=C(/C=C\C)C=CC(C)C=C1.CC. The summed E-state index contributed by atoms with van der Waals surface area (Å²) in [5.74, 6) is 0.512. The second-order valence-electron chi connectivity index (χ2n) is 3.19. The van der Waals surface area contributed by atoms with Gasteiger partial charge < -0.3 is 0 Å². The third-order valence-electron chi connectivity index (χ3n) is 2.06. The van der Waals surface area contributed by atoms with Gasteiger partial charge in [0.1, 0.15) is 0 Å². The maximum atomic E-state index is 3.81. The number of hydrogen-bond donors (Lipinski definition) is 0. The summed E-state index contributed by atoms with van der Waals surface area (Å²) in [7, 11) is 0. The topological polar surface area (TPSA) is 0 Å². The maximum Gasteiger partial charge on any atom is -0.00752 e. The molecule has 0 heteroatoms. The van der Waals surface area contributed by atoms with Gasteiger partial charge in [-0.25, -0.2) is 0 Å². The molecule has 15 heavy (non-hydrogen) atoms. The summed E-state index contributed by atoms with van der Waals surface area (Å²) in [4.78, 5) is 0. The highest BCUT2D eigenvalue weighted by atomic mass is 14.0. The average Bonchev–Trinajstić information content (AvgIpc) is 2.45. The molecule has 0 aromatic carbocycles. The van der Waals surface area contributed by atoms with Crippen molar-refractivity contribution in [1.82, 2.24) is 0 Å². The van der Waals surface area contributed by atoms with Crippen LogP contribution in [0.5, 0.6) is 0 Å². The van der Waals surface area contributed by atoms with E-state index >= 15 is 0 Å². The van der Waals surface area contributed by atoms with E-state index in [2.05, 4.69) is 43.9 Å². The van der Waals surface area contributed by atoms with Crippen molar-refractivity contribution in [3.63, 3.8) is 0 Å². The average molecular weight is 202 g/mol. The Morgan fingerprint density at radius 2 is 1.67 bits per heavy atom. The molecule has 0 aromatic heterocycles. The smallest absolute Gasteiger partial charge is 0.00752 e. The highest BCUT2D eigenvalue weighted by molar-refractivity contribution is 5.47. The molecule has 1 unspecified atom stereocenters. The van der Waals surface area contributed by atoms with Crippen molar-refractivity contribution in [3.05, 3.63) is 60.3 Å². The molecule has 1 aliphatic rings. The predicted octanol–water partition coefficient (Wildman–Crippen LogP) is 4.83. The molecule has 0 saturated heterocycles. The third-order valence-corrected chi connectivity index (χ3v) is 2.06. The number of rotatable bonds is 2. The second-order valence-corrected chi connectivity index (χ2v) is 3.19. The predicted molar refractivity (Wildman–Crippen MR) is 70.8 cm³/mol. The lowest BCUT2D eigenvalue weighted by molar-refractivity contribution is 0.942. The van der Waals surface area contributed by atoms with Gasteiger partial charge in [0, 0.05) is 0 Å². The van der Waals surface area contributed by atoms with Crippen LogP contribution in [0.2, 0.25) is 0 Å². The van der Waals surface area contributed by atoms with E-state index in [1.165, 1.54) is 11.1 Å². The zero-order valence-electron chi connectivity index (χ0n) is 10.3. The van der Waals surface area contributed by atoms with Crippen molar-refractivity contribution in [2.75, 3.05) is 0 Å². The third kappa shape index (κ3) is 4.64. The fraction of sp³-hybridized carbons (Fsp3) is 0.333. The first-order valence-corrected chi connectivity index (χ1v) is 5.63. The van der Waals surface area contributed by atoms with Gasteiger partial charge in [0.15, 0.2) is 0 Å². The summed E-state index contributed by atoms with van der Waals surface area (Å²) in [5.41, 5.74) is 2.43. The molecule has 0 amide bonds. The molecule has 0 N–H and O–H groups in total. The van der Waals surface area contributed by atoms with Crippen molar-refractivity contribution in [3.8, 4) is 0 Å². The minimum absolute atomic E-state index is 0.512. The Morgan fingerprint density at radius 3 is 2.13 bits per heavy atom. The number of allylic oxidation sites excluding steroid dienone is 9. The summed E-state index contributed by atoms with van der Waals surface area (Å²) >= 11 is 0. The highest BCUT2D eigenvalue weighted by Gasteiger charge is 1.99. The van der Waals surface area contributed by atoms with Crippen molar-refractivity contribution < 1.29 is 0 Å². The largest absolute Gasteiger partial charge is 0.0984 e. The first kappa shape index (κ1) is 13.7. The molecule has 1 rings (SSSR count). The van der Waals surface area contributed by atoms with E-state index in [1.54, 1.807) is 0 Å². The van der Waals surface area contributed by atoms with Gasteiger partial charge in [-0.05, 0) is 24.0 Å². The fourth-order valence-electron chi connectivity index (χ4n) is 1.28. The van der Waals surface area contributed by atoms with Crippen molar-refractivity contribution in [2.45, 2.75) is 27.7 Å². The van der Waals surface area contributed by atoms with E-state index in [0.717, 1.165) is 0 Å². The normalized spacial score (nSPS) is 19.9. The van der Waals surface area contributed by atoms with Gasteiger partial charge in [0.05, 0.1) is 0 Å². The minimum Gasteiger partial charge on any atom is -0.0984 e. The summed E-state index contributed by atoms with van der Waals surface area (Å²) in [6.07, 6.45) is 14.7. The maximum absolute atomic E-state index is 3.81. The molecule has 0 fully saturated rings. The molecule has 0 radical (unpaired) electrons. The van der Waals surface area contributed by atoms with E-state index in [4.69, 9.17) is 0 Å². The van der Waals surface area contributed by atoms with Crippen LogP contribution in [0, 0.1) is 5.92 Å². The molecule has 1 atom stereocenters. The van der Waals surface area contributed by atoms with Crippen LogP contribution >= 0.6 is 0 Å². The van der Waals surface area contributed by atoms with Gasteiger partial charge in [-0.1, -0.05) is 69.9 Å². The lowest BCUT2D eigenvalue weighted by atomic mass is 10.1. The van der Waals surface area contributed by atoms with Crippen LogP contribution in [0.15, 0.2) is 60.3 Å². The van der Waals surface area contributed by atoms with Gasteiger partial charge in [0.25, 0.3) is 0 Å². The van der Waals surface area contributed by atoms with Gasteiger partial charge >= 0.3 is 0 Å². The Balaban J connectivity index is 0.000000921. The number of hydrogen-bond acceptors (Lipinski definition) is 0. The summed E-state index contributed by atoms with van der Waals surface area (Å²) in [5, 5.41) is 0. The van der Waals surface area contributed by atoms with Crippen LogP contribution in [0.25, 0.3) is 0 Å². The lowest BCUT2D eigenvalue weighted by Crippen LogP contribution is -1.78. The van der Waals surface area contributed by atoms with Crippen LogP contribution < -0.4 is 0 Å². The first-order chi connectivity index (χ1) is 7.27. The van der Waals surface area contributed by atoms with E-state index in [0.29, 0.717) is 5.92 Å². The van der Waals surface area contributed by atoms with Gasteiger partial charge in [0.2, 0.25) is 0 Å². The molecular weight excluding hydrogens is 180 g/mol. The van der Waals surface area contributed by atoms with Gasteiger partial charge in [-0.2, -0.15) is 0 Å². The van der Waals surface area contributed by atoms with Crippen LogP contribution in [0.4, 0.5) is 0 Å². The quantitative estimate of drug-likeness (QED) is 0.601. The molecule has 1 aliphatic carbocycles. The first-order valence-electron chi connectivity index (χ1n) is 5.63. The van der Waals surface area contributed by atoms with Gasteiger partial charge in [-0.15, -0.1) is 0 Å². The molecule has 0 nitrogen and oxygen atoms in total. The molecule has 0 saturated carbocycles. The summed E-state index contributed by atoms with van der Waals surface area (Å²) in [6.45, 7) is 12.0. The van der Waals surface area contributed by atoms with Crippen molar-refractivity contribution in [2.24, 2.45) is 5.92 Å². The van der Waals surface area contributed by atoms with E-state index in [1.807, 2.05) is 32.9 Å². The molecule has 0 heterocycles. The van der Waals surface area contributed by atoms with Crippen LogP contribution in [-0.2, 0) is 0 Å². The molecule has 82 valence electrons. The van der Waals surface area contributed by atoms with E-state index in [-0.39, 0.29) is 0 Å². The highest BCUT2D eigenvalue weighted by Crippen LogP contribution is 2.17. The van der Waals surface area contributed by atoms with Gasteiger partial charge in [-0.3, -0.25) is 0 Å². The van der Waals surface area contributed by atoms with E-state index in [9.17, 15) is 0 Å². The van der Waals surface area contributed by atoms with Crippen LogP contribution in [0.1, 0.15) is 27.7 Å². The Hall–Kier alpha value is -1.30. The van der Waals surface area contributed by atoms with Crippen molar-refractivity contribution >= 4 is 0 Å². The van der Waals surface area contributed by atoms with Crippen LogP contribution in [-0.4, -0.2) is 0 Å². The molecule has 0 bridgehead atoms. The molecular formula is C15H22. The molecule has 0 aromatic rings. The Morgan fingerprint density at radius 1 is 1.13 bits per heavy atom. The zero-order chi connectivity index (χ0) is 11.7. The molecule has 0 aliphatic heterocycles.